The van der Waals surface area contributed by atoms with Crippen LogP contribution in [0.3, 0.4) is 0 Å². The minimum Gasteiger partial charge on any atom is -0.469 e. The molecule has 0 unspecified atom stereocenters. The van der Waals surface area contributed by atoms with Crippen molar-refractivity contribution in [3.63, 3.8) is 0 Å². The van der Waals surface area contributed by atoms with Crippen molar-refractivity contribution >= 4 is 28.9 Å². The summed E-state index contributed by atoms with van der Waals surface area (Å²) in [6.07, 6.45) is -1.32. The molecule has 3 heterocycles. The number of fused-ring (bicyclic) bond motifs is 1. The summed E-state index contributed by atoms with van der Waals surface area (Å²) < 4.78 is 11.7. The number of aliphatic hydroxyl groups excluding tert-OH is 3. The minimum absolute atomic E-state index is 0.160. The van der Waals surface area contributed by atoms with E-state index in [4.69, 9.17) is 10.5 Å². The summed E-state index contributed by atoms with van der Waals surface area (Å²) >= 11 is 0. The van der Waals surface area contributed by atoms with Crippen LogP contribution in [0.25, 0.3) is 11.2 Å². The van der Waals surface area contributed by atoms with Crippen molar-refractivity contribution in [2.24, 2.45) is 0 Å². The summed E-state index contributed by atoms with van der Waals surface area (Å²) in [5.74, 6) is 0.213. The van der Waals surface area contributed by atoms with Gasteiger partial charge in [0.15, 0.2) is 17.7 Å². The van der Waals surface area contributed by atoms with E-state index in [-0.39, 0.29) is 17.7 Å². The molecule has 0 aliphatic carbocycles. The summed E-state index contributed by atoms with van der Waals surface area (Å²) in [5, 5.41) is 32.9. The Hall–Kier alpha value is -3.32. The minimum atomic E-state index is -1.27. The molecule has 34 heavy (non-hydrogen) atoms. The number of nitrogen functional groups attached to an aromatic ring is 1. The number of nitrogens with zero attached hydrogens (tertiary/aromatic N) is 4. The number of carbonyl (C=O) groups is 1. The molecule has 12 heteroatoms. The highest BCUT2D eigenvalue weighted by Crippen LogP contribution is 2.32. The zero-order valence-electron chi connectivity index (χ0n) is 18.7. The van der Waals surface area contributed by atoms with E-state index in [1.807, 2.05) is 24.3 Å². The van der Waals surface area contributed by atoms with Crippen LogP contribution < -0.4 is 11.1 Å². The first kappa shape index (κ1) is 23.8. The Labute approximate surface area is 195 Å². The third-order valence-corrected chi connectivity index (χ3v) is 5.80. The second-order valence-corrected chi connectivity index (χ2v) is 8.05. The van der Waals surface area contributed by atoms with Crippen LogP contribution in [0.1, 0.15) is 23.8 Å². The number of rotatable bonds is 9. The molecule has 182 valence electrons. The van der Waals surface area contributed by atoms with Crippen LogP contribution in [0.2, 0.25) is 0 Å². The highest BCUT2D eigenvalue weighted by molar-refractivity contribution is 5.83. The van der Waals surface area contributed by atoms with Crippen LogP contribution in [-0.4, -0.2) is 79.4 Å². The van der Waals surface area contributed by atoms with Gasteiger partial charge in [0.25, 0.3) is 0 Å². The largest absolute Gasteiger partial charge is 0.469 e. The van der Waals surface area contributed by atoms with Crippen molar-refractivity contribution in [3.8, 4) is 0 Å². The Morgan fingerprint density at radius 2 is 1.88 bits per heavy atom. The molecule has 1 fully saturated rings. The molecule has 12 nitrogen and oxygen atoms in total. The summed E-state index contributed by atoms with van der Waals surface area (Å²) in [4.78, 5) is 24.2. The fraction of sp³-hybridized carbons (Fsp3) is 0.455. The van der Waals surface area contributed by atoms with Crippen LogP contribution in [0.5, 0.6) is 0 Å². The van der Waals surface area contributed by atoms with E-state index in [1.54, 1.807) is 0 Å². The predicted molar refractivity (Wildman–Crippen MR) is 122 cm³/mol. The SMILES string of the molecule is COC(=O)CCc1ccc(CCNc2nc(N)c3ncn([C@@H]4O[C@H](CO)[C@@H](O)[C@H]4O)c3n2)cc1. The van der Waals surface area contributed by atoms with Crippen molar-refractivity contribution in [3.05, 3.63) is 41.7 Å². The number of benzene rings is 1. The van der Waals surface area contributed by atoms with Crippen LogP contribution in [-0.2, 0) is 27.1 Å². The molecule has 3 aromatic rings. The van der Waals surface area contributed by atoms with Crippen molar-refractivity contribution in [2.45, 2.75) is 43.8 Å². The first-order chi connectivity index (χ1) is 16.4. The highest BCUT2D eigenvalue weighted by atomic mass is 16.6. The Bertz CT molecular complexity index is 1140. The Balaban J connectivity index is 1.41. The van der Waals surface area contributed by atoms with Crippen molar-refractivity contribution < 1.29 is 29.6 Å². The van der Waals surface area contributed by atoms with Gasteiger partial charge in [-0.25, -0.2) is 4.98 Å². The third kappa shape index (κ3) is 4.94. The Morgan fingerprint density at radius 1 is 1.18 bits per heavy atom. The number of methoxy groups -OCH3 is 1. The van der Waals surface area contributed by atoms with E-state index in [9.17, 15) is 20.1 Å². The van der Waals surface area contributed by atoms with Crippen molar-refractivity contribution in [1.29, 1.82) is 0 Å². The second kappa shape index (κ2) is 10.3. The van der Waals surface area contributed by atoms with Gasteiger partial charge in [0.05, 0.1) is 20.0 Å². The summed E-state index contributed by atoms with van der Waals surface area (Å²) in [6.45, 7) is 0.103. The van der Waals surface area contributed by atoms with Gasteiger partial charge in [-0.1, -0.05) is 24.3 Å². The van der Waals surface area contributed by atoms with Crippen molar-refractivity contribution in [1.82, 2.24) is 19.5 Å². The maximum absolute atomic E-state index is 11.3. The number of anilines is 2. The average molecular weight is 473 g/mol. The zero-order chi connectivity index (χ0) is 24.2. The summed E-state index contributed by atoms with van der Waals surface area (Å²) in [7, 11) is 1.38. The smallest absolute Gasteiger partial charge is 0.305 e. The number of aliphatic hydroxyl groups is 3. The number of nitrogens with two attached hydrogens (primary N) is 1. The Morgan fingerprint density at radius 3 is 2.53 bits per heavy atom. The molecule has 0 amide bonds. The number of ether oxygens (including phenoxy) is 2. The molecule has 1 aromatic carbocycles. The summed E-state index contributed by atoms with van der Waals surface area (Å²) in [5.41, 5.74) is 8.88. The van der Waals surface area contributed by atoms with Gasteiger partial charge in [0.1, 0.15) is 23.8 Å². The number of nitrogens with one attached hydrogen (secondary N) is 1. The molecule has 1 aliphatic rings. The number of carbonyl (C=O) groups excluding carboxylic acids is 1. The van der Waals surface area contributed by atoms with Crippen molar-refractivity contribution in [2.75, 3.05) is 31.3 Å². The van der Waals surface area contributed by atoms with E-state index < -0.39 is 31.1 Å². The number of hydrogen-bond acceptors (Lipinski definition) is 11. The van der Waals surface area contributed by atoms with Gasteiger partial charge in [-0.3, -0.25) is 9.36 Å². The first-order valence-electron chi connectivity index (χ1n) is 10.9. The van der Waals surface area contributed by atoms with Crippen LogP contribution in [0.15, 0.2) is 30.6 Å². The molecule has 1 saturated heterocycles. The number of esters is 1. The fourth-order valence-corrected chi connectivity index (χ4v) is 3.85. The lowest BCUT2D eigenvalue weighted by Crippen LogP contribution is -2.33. The van der Waals surface area contributed by atoms with E-state index in [0.29, 0.717) is 37.0 Å². The van der Waals surface area contributed by atoms with Gasteiger partial charge >= 0.3 is 5.97 Å². The molecular formula is C22H28N6O6. The number of imidazole rings is 1. The fourth-order valence-electron chi connectivity index (χ4n) is 3.85. The molecule has 4 atom stereocenters. The lowest BCUT2D eigenvalue weighted by Gasteiger charge is -2.16. The maximum atomic E-state index is 11.3. The van der Waals surface area contributed by atoms with E-state index in [2.05, 4.69) is 25.0 Å². The molecule has 0 radical (unpaired) electrons. The van der Waals surface area contributed by atoms with Gasteiger partial charge < -0.3 is 35.8 Å². The van der Waals surface area contributed by atoms with E-state index in [1.165, 1.54) is 18.0 Å². The number of aryl methyl sites for hydroxylation is 1. The monoisotopic (exact) mass is 472 g/mol. The van der Waals surface area contributed by atoms with Crippen LogP contribution in [0, 0.1) is 0 Å². The zero-order valence-corrected chi connectivity index (χ0v) is 18.7. The summed E-state index contributed by atoms with van der Waals surface area (Å²) in [6, 6.07) is 7.98. The predicted octanol–water partition coefficient (Wildman–Crippen LogP) is -0.220. The van der Waals surface area contributed by atoms with Crippen LogP contribution in [0.4, 0.5) is 11.8 Å². The lowest BCUT2D eigenvalue weighted by molar-refractivity contribution is -0.140. The molecule has 0 saturated carbocycles. The van der Waals surface area contributed by atoms with Gasteiger partial charge in [-0.05, 0) is 24.0 Å². The van der Waals surface area contributed by atoms with Gasteiger partial charge in [0, 0.05) is 13.0 Å². The molecule has 0 spiro atoms. The lowest BCUT2D eigenvalue weighted by atomic mass is 10.1. The van der Waals surface area contributed by atoms with E-state index in [0.717, 1.165) is 11.1 Å². The van der Waals surface area contributed by atoms with Crippen LogP contribution >= 0.6 is 0 Å². The average Bonchev–Trinajstić information content (AvgIpc) is 3.39. The van der Waals surface area contributed by atoms with Gasteiger partial charge in [-0.2, -0.15) is 9.97 Å². The topological polar surface area (TPSA) is 178 Å². The molecule has 6 N–H and O–H groups in total. The first-order valence-corrected chi connectivity index (χ1v) is 10.9. The maximum Gasteiger partial charge on any atom is 0.305 e. The quantitative estimate of drug-likeness (QED) is 0.260. The van der Waals surface area contributed by atoms with Gasteiger partial charge in [0.2, 0.25) is 5.95 Å². The molecular weight excluding hydrogens is 444 g/mol. The molecule has 0 bridgehead atoms. The Kier molecular flexibility index (Phi) is 7.22. The number of hydrogen-bond donors (Lipinski definition) is 5. The standard InChI is InChI=1S/C22H28N6O6/c1-33-15(30)7-6-12-2-4-13(5-3-12)8-9-24-22-26-19(23)16-20(27-22)28(11-25-16)21-18(32)17(31)14(10-29)34-21/h2-5,11,14,17-18,21,29,31-32H,6-10H2,1H3,(H3,23,24,26,27)/t14-,17-,18-,21-/m1/s1. The molecule has 4 rings (SSSR count). The molecule has 2 aromatic heterocycles. The third-order valence-electron chi connectivity index (χ3n) is 5.80. The van der Waals surface area contributed by atoms with E-state index >= 15 is 0 Å². The second-order valence-electron chi connectivity index (χ2n) is 8.05. The highest BCUT2D eigenvalue weighted by Gasteiger charge is 2.44. The number of aromatic nitrogens is 4. The normalized spacial score (nSPS) is 22.2. The molecule has 1 aliphatic heterocycles. The van der Waals surface area contributed by atoms with Gasteiger partial charge in [-0.15, -0.1) is 0 Å².